The van der Waals surface area contributed by atoms with Gasteiger partial charge in [-0.15, -0.1) is 0 Å². The summed E-state index contributed by atoms with van der Waals surface area (Å²) in [5, 5.41) is 0. The van der Waals surface area contributed by atoms with Crippen LogP contribution in [0.3, 0.4) is 0 Å². The third kappa shape index (κ3) is 4.04. The molecule has 3 nitrogen and oxygen atoms in total. The van der Waals surface area contributed by atoms with Gasteiger partial charge in [0, 0.05) is 10.9 Å². The van der Waals surface area contributed by atoms with Gasteiger partial charge >= 0.3 is 0 Å². The Hall–Kier alpha value is -0.390. The highest BCUT2D eigenvalue weighted by Gasteiger charge is 2.29. The Morgan fingerprint density at radius 1 is 1.32 bits per heavy atom. The maximum atomic E-state index is 12.3. The topological polar surface area (TPSA) is 46.2 Å². The lowest BCUT2D eigenvalue weighted by Gasteiger charge is -2.16. The highest BCUT2D eigenvalue weighted by molar-refractivity contribution is 9.09. The van der Waals surface area contributed by atoms with E-state index in [-0.39, 0.29) is 10.9 Å². The lowest BCUT2D eigenvalue weighted by atomic mass is 10.0. The van der Waals surface area contributed by atoms with Gasteiger partial charge in [-0.3, -0.25) is 0 Å². The molecule has 0 aromatic heterocycles. The quantitative estimate of drug-likeness (QED) is 0.805. The summed E-state index contributed by atoms with van der Waals surface area (Å²) in [6.07, 6.45) is 2.63. The summed E-state index contributed by atoms with van der Waals surface area (Å²) in [6, 6.07) is 7.41. The molecule has 1 saturated carbocycles. The smallest absolute Gasteiger partial charge is 0.208 e. The first-order valence-corrected chi connectivity index (χ1v) is 9.04. The van der Waals surface area contributed by atoms with Crippen LogP contribution in [0, 0.1) is 5.92 Å². The predicted molar refractivity (Wildman–Crippen MR) is 81.0 cm³/mol. The number of halogens is 1. The Morgan fingerprint density at radius 2 is 1.95 bits per heavy atom. The first-order chi connectivity index (χ1) is 8.90. The number of hydrogen-bond acceptors (Lipinski definition) is 2. The molecule has 1 atom stereocenters. The fourth-order valence-electron chi connectivity index (χ4n) is 1.86. The van der Waals surface area contributed by atoms with Crippen LogP contribution in [0.2, 0.25) is 0 Å². The standard InChI is InChI=1S/C14H20BrNO2S/c1-10(2)13(15)9-11-5-3-4-6-14(11)19(17,18)16-12-7-8-12/h3-6,10,12-13,16H,7-9H2,1-2H3. The minimum Gasteiger partial charge on any atom is -0.208 e. The molecular weight excluding hydrogens is 326 g/mol. The zero-order valence-electron chi connectivity index (χ0n) is 11.3. The monoisotopic (exact) mass is 345 g/mol. The van der Waals surface area contributed by atoms with Crippen molar-refractivity contribution in [1.82, 2.24) is 4.72 Å². The fraction of sp³-hybridized carbons (Fsp3) is 0.571. The average Bonchev–Trinajstić information content (AvgIpc) is 3.12. The molecule has 1 aliphatic rings. The lowest BCUT2D eigenvalue weighted by molar-refractivity contribution is 0.576. The van der Waals surface area contributed by atoms with Crippen LogP contribution in [-0.2, 0) is 16.4 Å². The van der Waals surface area contributed by atoms with Gasteiger partial charge in [0.1, 0.15) is 0 Å². The largest absolute Gasteiger partial charge is 0.241 e. The summed E-state index contributed by atoms with van der Waals surface area (Å²) in [7, 11) is -3.37. The highest BCUT2D eigenvalue weighted by Crippen LogP contribution is 2.26. The van der Waals surface area contributed by atoms with E-state index in [1.165, 1.54) is 0 Å². The van der Waals surface area contributed by atoms with E-state index in [1.807, 2.05) is 12.1 Å². The zero-order valence-corrected chi connectivity index (χ0v) is 13.7. The lowest BCUT2D eigenvalue weighted by Crippen LogP contribution is -2.27. The normalized spacial score (nSPS) is 17.7. The molecule has 1 aromatic carbocycles. The molecule has 0 saturated heterocycles. The second-order valence-electron chi connectivity index (χ2n) is 5.47. The molecule has 1 fully saturated rings. The van der Waals surface area contributed by atoms with Crippen molar-refractivity contribution in [1.29, 1.82) is 0 Å². The SMILES string of the molecule is CC(C)C(Br)Cc1ccccc1S(=O)(=O)NC1CC1. The van der Waals surface area contributed by atoms with Gasteiger partial charge in [-0.2, -0.15) is 0 Å². The predicted octanol–water partition coefficient (Wildman–Crippen LogP) is 3.09. The molecule has 0 spiro atoms. The van der Waals surface area contributed by atoms with Crippen LogP contribution in [-0.4, -0.2) is 19.3 Å². The maximum Gasteiger partial charge on any atom is 0.241 e. The van der Waals surface area contributed by atoms with Gasteiger partial charge in [-0.05, 0) is 36.8 Å². The summed E-state index contributed by atoms with van der Waals surface area (Å²) in [5.41, 5.74) is 0.881. The van der Waals surface area contributed by atoms with E-state index < -0.39 is 10.0 Å². The number of benzene rings is 1. The van der Waals surface area contributed by atoms with Crippen LogP contribution in [0.5, 0.6) is 0 Å². The van der Waals surface area contributed by atoms with Crippen LogP contribution in [0.1, 0.15) is 32.3 Å². The van der Waals surface area contributed by atoms with Gasteiger partial charge in [0.25, 0.3) is 0 Å². The minimum atomic E-state index is -3.37. The molecule has 0 amide bonds. The number of nitrogens with one attached hydrogen (secondary N) is 1. The zero-order chi connectivity index (χ0) is 14.0. The van der Waals surface area contributed by atoms with E-state index in [4.69, 9.17) is 0 Å². The van der Waals surface area contributed by atoms with Gasteiger partial charge in [0.2, 0.25) is 10.0 Å². The van der Waals surface area contributed by atoms with Crippen LogP contribution in [0.15, 0.2) is 29.2 Å². The molecule has 1 aliphatic carbocycles. The Bertz CT molecular complexity index is 538. The second kappa shape index (κ2) is 5.94. The number of alkyl halides is 1. The van der Waals surface area contributed by atoms with Gasteiger partial charge < -0.3 is 0 Å². The Morgan fingerprint density at radius 3 is 2.53 bits per heavy atom. The summed E-state index contributed by atoms with van der Waals surface area (Å²) in [6.45, 7) is 4.25. The van der Waals surface area contributed by atoms with Crippen LogP contribution < -0.4 is 4.72 Å². The van der Waals surface area contributed by atoms with Gasteiger partial charge in [-0.1, -0.05) is 48.0 Å². The molecule has 1 aromatic rings. The Kier molecular flexibility index (Phi) is 4.69. The molecule has 0 bridgehead atoms. The van der Waals surface area contributed by atoms with Crippen LogP contribution in [0.4, 0.5) is 0 Å². The van der Waals surface area contributed by atoms with Gasteiger partial charge in [-0.25, -0.2) is 13.1 Å². The summed E-state index contributed by atoms with van der Waals surface area (Å²) in [5.74, 6) is 0.465. The molecular formula is C14H20BrNO2S. The summed E-state index contributed by atoms with van der Waals surface area (Å²) < 4.78 is 27.4. The van der Waals surface area contributed by atoms with E-state index in [1.54, 1.807) is 12.1 Å². The second-order valence-corrected chi connectivity index (χ2v) is 8.33. The molecule has 19 heavy (non-hydrogen) atoms. The van der Waals surface area contributed by atoms with Crippen molar-refractivity contribution in [2.75, 3.05) is 0 Å². The molecule has 1 unspecified atom stereocenters. The van der Waals surface area contributed by atoms with Crippen LogP contribution >= 0.6 is 15.9 Å². The molecule has 0 radical (unpaired) electrons. The van der Waals surface area contributed by atoms with E-state index in [2.05, 4.69) is 34.5 Å². The van der Waals surface area contributed by atoms with Crippen molar-refractivity contribution in [3.8, 4) is 0 Å². The van der Waals surface area contributed by atoms with E-state index in [0.717, 1.165) is 24.8 Å². The van der Waals surface area contributed by atoms with E-state index in [9.17, 15) is 8.42 Å². The van der Waals surface area contributed by atoms with Crippen molar-refractivity contribution in [3.63, 3.8) is 0 Å². The average molecular weight is 346 g/mol. The van der Waals surface area contributed by atoms with Crippen LogP contribution in [0.25, 0.3) is 0 Å². The van der Waals surface area contributed by atoms with Crippen molar-refractivity contribution in [2.24, 2.45) is 5.92 Å². The molecule has 1 N–H and O–H groups in total. The fourth-order valence-corrected chi connectivity index (χ4v) is 3.77. The first-order valence-electron chi connectivity index (χ1n) is 6.64. The number of rotatable bonds is 6. The highest BCUT2D eigenvalue weighted by atomic mass is 79.9. The van der Waals surface area contributed by atoms with Gasteiger partial charge in [0.15, 0.2) is 0 Å². The number of sulfonamides is 1. The van der Waals surface area contributed by atoms with E-state index in [0.29, 0.717) is 10.8 Å². The van der Waals surface area contributed by atoms with Crippen molar-refractivity contribution in [2.45, 2.75) is 48.9 Å². The van der Waals surface area contributed by atoms with Crippen molar-refractivity contribution < 1.29 is 8.42 Å². The minimum absolute atomic E-state index is 0.142. The molecule has 2 rings (SSSR count). The van der Waals surface area contributed by atoms with E-state index >= 15 is 0 Å². The van der Waals surface area contributed by atoms with Gasteiger partial charge in [0.05, 0.1) is 4.90 Å². The summed E-state index contributed by atoms with van der Waals surface area (Å²) >= 11 is 3.63. The third-order valence-corrected chi connectivity index (χ3v) is 6.30. The summed E-state index contributed by atoms with van der Waals surface area (Å²) in [4.78, 5) is 0.705. The molecule has 5 heteroatoms. The van der Waals surface area contributed by atoms with Crippen molar-refractivity contribution >= 4 is 26.0 Å². The maximum absolute atomic E-state index is 12.3. The van der Waals surface area contributed by atoms with Crippen molar-refractivity contribution in [3.05, 3.63) is 29.8 Å². The molecule has 106 valence electrons. The Balaban J connectivity index is 2.24. The Labute approximate surface area is 124 Å². The molecule has 0 aliphatic heterocycles. The first kappa shape index (κ1) is 15.0. The number of hydrogen-bond donors (Lipinski definition) is 1. The molecule has 0 heterocycles. The third-order valence-electron chi connectivity index (χ3n) is 3.30.